The van der Waals surface area contributed by atoms with Gasteiger partial charge in [0.15, 0.2) is 11.0 Å². The predicted octanol–water partition coefficient (Wildman–Crippen LogP) is 5.12. The number of ether oxygens (including phenoxy) is 1. The lowest BCUT2D eigenvalue weighted by Crippen LogP contribution is -2.11. The molecular formula is C25H20N6O2S. The number of nitrogens with one attached hydrogen (secondary N) is 2. The van der Waals surface area contributed by atoms with E-state index in [9.17, 15) is 4.79 Å². The summed E-state index contributed by atoms with van der Waals surface area (Å²) in [5.41, 5.74) is 3.77. The molecule has 0 radical (unpaired) electrons. The highest BCUT2D eigenvalue weighted by molar-refractivity contribution is 7.13. The summed E-state index contributed by atoms with van der Waals surface area (Å²) in [7, 11) is 3.43. The van der Waals surface area contributed by atoms with Crippen LogP contribution in [0.4, 0.5) is 10.9 Å². The van der Waals surface area contributed by atoms with Crippen molar-refractivity contribution in [2.45, 2.75) is 0 Å². The zero-order valence-corrected chi connectivity index (χ0v) is 19.3. The third-order valence-corrected chi connectivity index (χ3v) is 5.94. The molecule has 3 aromatic heterocycles. The number of benzene rings is 2. The highest BCUT2D eigenvalue weighted by Gasteiger charge is 2.16. The molecule has 0 fully saturated rings. The number of thiazole rings is 1. The minimum Gasteiger partial charge on any atom is -0.494 e. The Hall–Kier alpha value is -4.37. The smallest absolute Gasteiger partial charge is 0.257 e. The third kappa shape index (κ3) is 4.16. The first kappa shape index (κ1) is 21.5. The van der Waals surface area contributed by atoms with Crippen LogP contribution >= 0.6 is 11.3 Å². The van der Waals surface area contributed by atoms with Gasteiger partial charge >= 0.3 is 0 Å². The lowest BCUT2D eigenvalue weighted by Gasteiger charge is -2.14. The van der Waals surface area contributed by atoms with Gasteiger partial charge in [-0.25, -0.2) is 15.0 Å². The summed E-state index contributed by atoms with van der Waals surface area (Å²) in [6.07, 6.45) is 5.09. The van der Waals surface area contributed by atoms with Crippen molar-refractivity contribution < 1.29 is 9.53 Å². The summed E-state index contributed by atoms with van der Waals surface area (Å²) < 4.78 is 5.71. The molecule has 0 saturated heterocycles. The van der Waals surface area contributed by atoms with Gasteiger partial charge in [0, 0.05) is 47.5 Å². The Balaban J connectivity index is 1.59. The molecule has 5 aromatic rings. The highest BCUT2D eigenvalue weighted by Crippen LogP contribution is 2.36. The zero-order valence-electron chi connectivity index (χ0n) is 18.4. The van der Waals surface area contributed by atoms with Crippen LogP contribution in [-0.2, 0) is 0 Å². The van der Waals surface area contributed by atoms with Crippen LogP contribution in [0.3, 0.4) is 0 Å². The third-order valence-electron chi connectivity index (χ3n) is 5.25. The average Bonchev–Trinajstić information content (AvgIpc) is 3.41. The van der Waals surface area contributed by atoms with E-state index in [0.29, 0.717) is 33.6 Å². The quantitative estimate of drug-likeness (QED) is 0.357. The van der Waals surface area contributed by atoms with E-state index < -0.39 is 0 Å². The van der Waals surface area contributed by atoms with Crippen molar-refractivity contribution in [2.24, 2.45) is 0 Å². The fraction of sp³-hybridized carbons (Fsp3) is 0.0800. The summed E-state index contributed by atoms with van der Waals surface area (Å²) in [5, 5.41) is 9.17. The van der Waals surface area contributed by atoms with Gasteiger partial charge in [0.05, 0.1) is 7.11 Å². The van der Waals surface area contributed by atoms with E-state index in [2.05, 4.69) is 20.6 Å². The molecule has 0 spiro atoms. The SMILES string of the molecule is CNc1nc(-c2cccnc2)nc2c(OC)cc(-c3cccc(C(=O)Nc4nccs4)c3)cc12. The van der Waals surface area contributed by atoms with Crippen LogP contribution in [0, 0.1) is 0 Å². The van der Waals surface area contributed by atoms with Crippen LogP contribution in [0.1, 0.15) is 10.4 Å². The van der Waals surface area contributed by atoms with Gasteiger partial charge in [-0.15, -0.1) is 11.3 Å². The first-order valence-corrected chi connectivity index (χ1v) is 11.3. The number of pyridine rings is 1. The highest BCUT2D eigenvalue weighted by atomic mass is 32.1. The first-order chi connectivity index (χ1) is 16.7. The Kier molecular flexibility index (Phi) is 5.84. The maximum Gasteiger partial charge on any atom is 0.257 e. The molecule has 8 nitrogen and oxygen atoms in total. The summed E-state index contributed by atoms with van der Waals surface area (Å²) in [6, 6.07) is 15.1. The van der Waals surface area contributed by atoms with Crippen molar-refractivity contribution in [3.05, 3.63) is 78.1 Å². The molecule has 0 unspecified atom stereocenters. The number of amides is 1. The minimum atomic E-state index is -0.218. The van der Waals surface area contributed by atoms with Gasteiger partial charge in [-0.05, 0) is 47.5 Å². The van der Waals surface area contributed by atoms with E-state index in [1.807, 2.05) is 54.9 Å². The number of carbonyl (C=O) groups excluding carboxylic acids is 1. The molecule has 5 rings (SSSR count). The molecule has 3 heterocycles. The van der Waals surface area contributed by atoms with E-state index in [0.717, 1.165) is 22.1 Å². The van der Waals surface area contributed by atoms with Crippen molar-refractivity contribution in [1.29, 1.82) is 0 Å². The number of rotatable bonds is 6. The number of methoxy groups -OCH3 is 1. The molecule has 0 atom stereocenters. The standard InChI is InChI=1S/C25H20N6O2S/c1-26-23-19-12-18(15-5-3-6-16(11-15)24(32)31-25-28-9-10-34-25)13-20(33-2)21(19)29-22(30-23)17-7-4-8-27-14-17/h3-14H,1-2H3,(H,26,29,30)(H,28,31,32). The van der Waals surface area contributed by atoms with E-state index in [-0.39, 0.29) is 5.91 Å². The van der Waals surface area contributed by atoms with Crippen molar-refractivity contribution in [3.8, 4) is 28.3 Å². The largest absolute Gasteiger partial charge is 0.494 e. The van der Waals surface area contributed by atoms with E-state index in [4.69, 9.17) is 14.7 Å². The van der Waals surface area contributed by atoms with Gasteiger partial charge in [-0.2, -0.15) is 0 Å². The van der Waals surface area contributed by atoms with Crippen LogP contribution < -0.4 is 15.4 Å². The molecule has 0 saturated carbocycles. The number of anilines is 2. The lowest BCUT2D eigenvalue weighted by atomic mass is 10.00. The minimum absolute atomic E-state index is 0.218. The fourth-order valence-corrected chi connectivity index (χ4v) is 4.16. The van der Waals surface area contributed by atoms with E-state index >= 15 is 0 Å². The molecule has 34 heavy (non-hydrogen) atoms. The number of aromatic nitrogens is 4. The maximum absolute atomic E-state index is 12.7. The number of hydrogen-bond donors (Lipinski definition) is 2. The molecule has 0 aliphatic carbocycles. The normalized spacial score (nSPS) is 10.8. The predicted molar refractivity (Wildman–Crippen MR) is 134 cm³/mol. The molecular weight excluding hydrogens is 448 g/mol. The van der Waals surface area contributed by atoms with Gasteiger partial charge in [-0.1, -0.05) is 12.1 Å². The van der Waals surface area contributed by atoms with Crippen molar-refractivity contribution in [3.63, 3.8) is 0 Å². The summed E-state index contributed by atoms with van der Waals surface area (Å²) in [4.78, 5) is 30.4. The molecule has 0 bridgehead atoms. The lowest BCUT2D eigenvalue weighted by molar-refractivity contribution is 0.102. The number of nitrogens with zero attached hydrogens (tertiary/aromatic N) is 4. The van der Waals surface area contributed by atoms with Crippen molar-refractivity contribution >= 4 is 39.1 Å². The Labute approximate surface area is 199 Å². The second kappa shape index (κ2) is 9.24. The van der Waals surface area contributed by atoms with Gasteiger partial charge in [-0.3, -0.25) is 15.1 Å². The van der Waals surface area contributed by atoms with Crippen LogP contribution in [-0.4, -0.2) is 40.0 Å². The second-order valence-corrected chi connectivity index (χ2v) is 8.23. The van der Waals surface area contributed by atoms with Crippen LogP contribution in [0.25, 0.3) is 33.4 Å². The maximum atomic E-state index is 12.7. The van der Waals surface area contributed by atoms with Crippen LogP contribution in [0.5, 0.6) is 5.75 Å². The molecule has 0 aliphatic heterocycles. The molecule has 2 N–H and O–H groups in total. The summed E-state index contributed by atoms with van der Waals surface area (Å²) >= 11 is 1.37. The molecule has 9 heteroatoms. The number of hydrogen-bond acceptors (Lipinski definition) is 8. The Bertz CT molecular complexity index is 1470. The summed E-state index contributed by atoms with van der Waals surface area (Å²) in [5.74, 6) is 1.61. The van der Waals surface area contributed by atoms with Gasteiger partial charge < -0.3 is 10.1 Å². The van der Waals surface area contributed by atoms with Crippen molar-refractivity contribution in [1.82, 2.24) is 19.9 Å². The van der Waals surface area contributed by atoms with Gasteiger partial charge in [0.2, 0.25) is 0 Å². The topological polar surface area (TPSA) is 102 Å². The Morgan fingerprint density at radius 3 is 2.62 bits per heavy atom. The molecule has 168 valence electrons. The average molecular weight is 469 g/mol. The van der Waals surface area contributed by atoms with Crippen molar-refractivity contribution in [2.75, 3.05) is 24.8 Å². The second-order valence-electron chi connectivity index (χ2n) is 7.33. The fourth-order valence-electron chi connectivity index (χ4n) is 3.63. The number of fused-ring (bicyclic) bond motifs is 1. The first-order valence-electron chi connectivity index (χ1n) is 10.5. The Morgan fingerprint density at radius 2 is 1.88 bits per heavy atom. The zero-order chi connectivity index (χ0) is 23.5. The molecule has 0 aliphatic rings. The monoisotopic (exact) mass is 468 g/mol. The summed E-state index contributed by atoms with van der Waals surface area (Å²) in [6.45, 7) is 0. The van der Waals surface area contributed by atoms with Gasteiger partial charge in [0.25, 0.3) is 5.91 Å². The number of carbonyl (C=O) groups is 1. The Morgan fingerprint density at radius 1 is 1.00 bits per heavy atom. The van der Waals surface area contributed by atoms with E-state index in [1.165, 1.54) is 11.3 Å². The van der Waals surface area contributed by atoms with Gasteiger partial charge in [0.1, 0.15) is 17.1 Å². The van der Waals surface area contributed by atoms with Crippen LogP contribution in [0.2, 0.25) is 0 Å². The van der Waals surface area contributed by atoms with Crippen LogP contribution in [0.15, 0.2) is 72.5 Å². The molecule has 1 amide bonds. The van der Waals surface area contributed by atoms with E-state index in [1.54, 1.807) is 31.8 Å². The molecule has 2 aromatic carbocycles.